The van der Waals surface area contributed by atoms with Crippen LogP contribution in [0.2, 0.25) is 0 Å². The summed E-state index contributed by atoms with van der Waals surface area (Å²) in [4.78, 5) is 35.7. The lowest BCUT2D eigenvalue weighted by atomic mass is 9.72. The molecule has 0 aromatic carbocycles. The fourth-order valence-corrected chi connectivity index (χ4v) is 3.86. The molecular formula is C18H23F3N4O2. The molecule has 9 heteroatoms. The molecule has 0 atom stereocenters. The zero-order valence-corrected chi connectivity index (χ0v) is 15.3. The molecule has 0 bridgehead atoms. The Morgan fingerprint density at radius 1 is 1.19 bits per heavy atom. The second-order valence-corrected chi connectivity index (χ2v) is 7.57. The molecule has 0 unspecified atom stereocenters. The highest BCUT2D eigenvalue weighted by Gasteiger charge is 2.43. The summed E-state index contributed by atoms with van der Waals surface area (Å²) in [7, 11) is 0. The average Bonchev–Trinajstić information content (AvgIpc) is 2.59. The lowest BCUT2D eigenvalue weighted by molar-refractivity contribution is -0.164. The van der Waals surface area contributed by atoms with E-state index in [9.17, 15) is 22.8 Å². The van der Waals surface area contributed by atoms with E-state index in [1.165, 1.54) is 4.90 Å². The van der Waals surface area contributed by atoms with Gasteiger partial charge in [0.1, 0.15) is 6.42 Å². The van der Waals surface area contributed by atoms with Gasteiger partial charge in [-0.05, 0) is 31.6 Å². The van der Waals surface area contributed by atoms with E-state index in [0.717, 1.165) is 5.69 Å². The minimum absolute atomic E-state index is 0.0542. The zero-order chi connectivity index (χ0) is 19.7. The highest BCUT2D eigenvalue weighted by atomic mass is 19.4. The number of piperidine rings is 2. The zero-order valence-electron chi connectivity index (χ0n) is 15.3. The number of nitrogens with zero attached hydrogens (tertiary/aromatic N) is 4. The first-order valence-corrected chi connectivity index (χ1v) is 9.06. The molecule has 0 saturated carbocycles. The first kappa shape index (κ1) is 19.6. The number of halogens is 3. The number of aryl methyl sites for hydroxylation is 1. The van der Waals surface area contributed by atoms with Gasteiger partial charge in [0, 0.05) is 32.3 Å². The Balaban J connectivity index is 1.60. The minimum Gasteiger partial charge on any atom is -0.342 e. The quantitative estimate of drug-likeness (QED) is 0.803. The van der Waals surface area contributed by atoms with Crippen LogP contribution in [0.4, 0.5) is 13.2 Å². The predicted molar refractivity (Wildman–Crippen MR) is 90.3 cm³/mol. The van der Waals surface area contributed by atoms with Crippen molar-refractivity contribution >= 4 is 11.8 Å². The molecule has 3 rings (SSSR count). The van der Waals surface area contributed by atoms with Crippen LogP contribution < -0.4 is 0 Å². The van der Waals surface area contributed by atoms with Gasteiger partial charge >= 0.3 is 6.18 Å². The lowest BCUT2D eigenvalue weighted by Crippen LogP contribution is -2.52. The largest absolute Gasteiger partial charge is 0.397 e. The van der Waals surface area contributed by atoms with E-state index >= 15 is 0 Å². The maximum absolute atomic E-state index is 12.4. The normalized spacial score (nSPS) is 20.2. The van der Waals surface area contributed by atoms with Crippen molar-refractivity contribution in [3.63, 3.8) is 0 Å². The smallest absolute Gasteiger partial charge is 0.342 e. The van der Waals surface area contributed by atoms with Gasteiger partial charge in [0.05, 0.1) is 24.1 Å². The predicted octanol–water partition coefficient (Wildman–Crippen LogP) is 2.47. The highest BCUT2D eigenvalue weighted by molar-refractivity contribution is 5.78. The number of likely N-dealkylation sites (tertiary alicyclic amines) is 2. The van der Waals surface area contributed by atoms with E-state index in [1.807, 2.05) is 6.92 Å². The molecule has 0 radical (unpaired) electrons. The summed E-state index contributed by atoms with van der Waals surface area (Å²) in [5, 5.41) is 0. The second-order valence-electron chi connectivity index (χ2n) is 7.57. The fraction of sp³-hybridized carbons (Fsp3) is 0.667. The summed E-state index contributed by atoms with van der Waals surface area (Å²) < 4.78 is 37.3. The minimum atomic E-state index is -4.48. The molecule has 1 spiro atoms. The van der Waals surface area contributed by atoms with Crippen LogP contribution in [0.25, 0.3) is 0 Å². The van der Waals surface area contributed by atoms with Crippen molar-refractivity contribution in [3.8, 4) is 0 Å². The van der Waals surface area contributed by atoms with Crippen molar-refractivity contribution in [2.75, 3.05) is 19.6 Å². The van der Waals surface area contributed by atoms with Crippen LogP contribution in [-0.2, 0) is 16.1 Å². The van der Waals surface area contributed by atoms with Gasteiger partial charge in [0.25, 0.3) is 0 Å². The summed E-state index contributed by atoms with van der Waals surface area (Å²) >= 11 is 0. The number of amides is 2. The van der Waals surface area contributed by atoms with Crippen LogP contribution in [0.1, 0.15) is 43.5 Å². The van der Waals surface area contributed by atoms with Gasteiger partial charge < -0.3 is 9.80 Å². The first-order chi connectivity index (χ1) is 12.7. The molecular weight excluding hydrogens is 361 g/mol. The molecule has 2 aliphatic heterocycles. The van der Waals surface area contributed by atoms with Crippen molar-refractivity contribution in [2.45, 2.75) is 51.7 Å². The third-order valence-electron chi connectivity index (χ3n) is 5.46. The Morgan fingerprint density at radius 3 is 2.48 bits per heavy atom. The summed E-state index contributed by atoms with van der Waals surface area (Å²) in [6.07, 6.45) is -0.225. The summed E-state index contributed by atoms with van der Waals surface area (Å²) in [6.45, 7) is 3.38. The Morgan fingerprint density at radius 2 is 1.89 bits per heavy atom. The molecule has 0 aliphatic carbocycles. The lowest BCUT2D eigenvalue weighted by Gasteiger charge is -2.47. The van der Waals surface area contributed by atoms with Crippen molar-refractivity contribution in [3.05, 3.63) is 23.8 Å². The molecule has 3 heterocycles. The Labute approximate surface area is 155 Å². The van der Waals surface area contributed by atoms with Crippen molar-refractivity contribution in [1.82, 2.24) is 19.8 Å². The number of hydrogen-bond acceptors (Lipinski definition) is 4. The molecule has 2 fully saturated rings. The van der Waals surface area contributed by atoms with E-state index in [1.54, 1.807) is 17.3 Å². The average molecular weight is 384 g/mol. The number of carbonyl (C=O) groups excluding carboxylic acids is 2. The number of rotatable bonds is 3. The molecule has 27 heavy (non-hydrogen) atoms. The van der Waals surface area contributed by atoms with Crippen molar-refractivity contribution < 1.29 is 22.8 Å². The number of carbonyl (C=O) groups is 2. The van der Waals surface area contributed by atoms with Crippen LogP contribution in [0.3, 0.4) is 0 Å². The number of hydrogen-bond donors (Lipinski definition) is 0. The molecule has 2 amide bonds. The highest BCUT2D eigenvalue weighted by Crippen LogP contribution is 2.41. The monoisotopic (exact) mass is 384 g/mol. The van der Waals surface area contributed by atoms with Gasteiger partial charge in [0.2, 0.25) is 11.8 Å². The summed E-state index contributed by atoms with van der Waals surface area (Å²) in [5.41, 5.74) is 1.38. The third kappa shape index (κ3) is 4.95. The molecule has 2 saturated heterocycles. The number of alkyl halides is 3. The van der Waals surface area contributed by atoms with Crippen LogP contribution >= 0.6 is 0 Å². The first-order valence-electron chi connectivity index (χ1n) is 9.06. The molecule has 2 aliphatic rings. The maximum Gasteiger partial charge on any atom is 0.397 e. The Kier molecular flexibility index (Phi) is 5.39. The molecule has 148 valence electrons. The molecule has 6 nitrogen and oxygen atoms in total. The number of aromatic nitrogens is 2. The van der Waals surface area contributed by atoms with Gasteiger partial charge in [0.15, 0.2) is 0 Å². The van der Waals surface area contributed by atoms with Crippen molar-refractivity contribution in [1.29, 1.82) is 0 Å². The van der Waals surface area contributed by atoms with Crippen LogP contribution in [0, 0.1) is 12.3 Å². The molecule has 1 aromatic heterocycles. The van der Waals surface area contributed by atoms with Crippen LogP contribution in [-0.4, -0.2) is 57.4 Å². The third-order valence-corrected chi connectivity index (χ3v) is 5.46. The van der Waals surface area contributed by atoms with Gasteiger partial charge in [-0.15, -0.1) is 0 Å². The van der Waals surface area contributed by atoms with E-state index in [4.69, 9.17) is 0 Å². The Bertz CT molecular complexity index is 698. The second kappa shape index (κ2) is 7.44. The SMILES string of the molecule is Cc1cnc(CN2CC3(CCC2=O)CCN(C(=O)CC(F)(F)F)CC3)cn1. The maximum atomic E-state index is 12.4. The van der Waals surface area contributed by atoms with E-state index in [0.29, 0.717) is 57.6 Å². The van der Waals surface area contributed by atoms with E-state index in [-0.39, 0.29) is 11.3 Å². The van der Waals surface area contributed by atoms with Gasteiger partial charge in [-0.3, -0.25) is 19.6 Å². The van der Waals surface area contributed by atoms with Gasteiger partial charge in [-0.2, -0.15) is 13.2 Å². The topological polar surface area (TPSA) is 66.4 Å². The van der Waals surface area contributed by atoms with Gasteiger partial charge in [-0.25, -0.2) is 0 Å². The summed E-state index contributed by atoms with van der Waals surface area (Å²) in [5.74, 6) is -0.811. The Hall–Kier alpha value is -2.19. The standard InChI is InChI=1S/C18H23F3N4O2/c1-13-9-23-14(10-22-13)11-25-12-17(3-2-15(25)26)4-6-24(7-5-17)16(27)8-18(19,20)21/h9-10H,2-8,11-12H2,1H3. The van der Waals surface area contributed by atoms with E-state index in [2.05, 4.69) is 9.97 Å². The summed E-state index contributed by atoms with van der Waals surface area (Å²) in [6, 6.07) is 0. The van der Waals surface area contributed by atoms with E-state index < -0.39 is 18.5 Å². The van der Waals surface area contributed by atoms with Crippen LogP contribution in [0.5, 0.6) is 0 Å². The van der Waals surface area contributed by atoms with Gasteiger partial charge in [-0.1, -0.05) is 0 Å². The van der Waals surface area contributed by atoms with Crippen LogP contribution in [0.15, 0.2) is 12.4 Å². The van der Waals surface area contributed by atoms with Crippen molar-refractivity contribution in [2.24, 2.45) is 5.41 Å². The molecule has 0 N–H and O–H groups in total. The fourth-order valence-electron chi connectivity index (χ4n) is 3.86. The molecule has 1 aromatic rings.